The van der Waals surface area contributed by atoms with Crippen LogP contribution >= 0.6 is 0 Å². The highest BCUT2D eigenvalue weighted by Gasteiger charge is 2.30. The number of nitrogens with zero attached hydrogens (tertiary/aromatic N) is 1. The summed E-state index contributed by atoms with van der Waals surface area (Å²) >= 11 is 0. The molecular weight excluding hydrogens is 269 g/mol. The summed E-state index contributed by atoms with van der Waals surface area (Å²) in [6.45, 7) is 4.93. The summed E-state index contributed by atoms with van der Waals surface area (Å²) in [5.41, 5.74) is 3.40. The topological polar surface area (TPSA) is 24.5 Å². The van der Waals surface area contributed by atoms with Crippen LogP contribution in [0.4, 0.5) is 13.2 Å². The van der Waals surface area contributed by atoms with Crippen LogP contribution < -0.4 is 5.43 Å². The molecule has 0 aromatic heterocycles. The first-order valence-corrected chi connectivity index (χ1v) is 6.70. The number of rotatable bonds is 4. The monoisotopic (exact) mass is 288 g/mol. The minimum atomic E-state index is -4.28. The van der Waals surface area contributed by atoms with Gasteiger partial charge in [0.2, 0.25) is 0 Å². The van der Waals surface area contributed by atoms with Gasteiger partial charge >= 0.3 is 6.18 Å². The van der Waals surface area contributed by atoms with Crippen LogP contribution in [0, 0.1) is 0 Å². The molecule has 1 aliphatic rings. The van der Waals surface area contributed by atoms with E-state index in [9.17, 15) is 13.2 Å². The van der Waals surface area contributed by atoms with Gasteiger partial charge in [0.15, 0.2) is 0 Å². The highest BCUT2D eigenvalue weighted by molar-refractivity contribution is 5.26. The molecule has 1 aliphatic heterocycles. The molecule has 0 spiro atoms. The van der Waals surface area contributed by atoms with Crippen LogP contribution in [0.2, 0.25) is 0 Å². The Morgan fingerprint density at radius 2 is 2.00 bits per heavy atom. The van der Waals surface area contributed by atoms with Crippen LogP contribution in [-0.2, 0) is 17.3 Å². The molecule has 3 nitrogen and oxygen atoms in total. The maximum atomic E-state index is 12.6. The van der Waals surface area contributed by atoms with Gasteiger partial charge in [0.1, 0.15) is 0 Å². The Hall–Kier alpha value is -1.11. The van der Waals surface area contributed by atoms with Crippen LogP contribution in [0.15, 0.2) is 24.3 Å². The molecule has 1 atom stereocenters. The molecule has 1 saturated heterocycles. The highest BCUT2D eigenvalue weighted by atomic mass is 19.4. The van der Waals surface area contributed by atoms with Crippen molar-refractivity contribution in [3.63, 3.8) is 0 Å². The first kappa shape index (κ1) is 15.3. The zero-order valence-corrected chi connectivity index (χ0v) is 11.4. The Labute approximate surface area is 116 Å². The van der Waals surface area contributed by atoms with Crippen molar-refractivity contribution in [2.75, 3.05) is 26.3 Å². The number of hydrogen-bond acceptors (Lipinski definition) is 3. The van der Waals surface area contributed by atoms with Crippen LogP contribution in [0.5, 0.6) is 0 Å². The lowest BCUT2D eigenvalue weighted by Gasteiger charge is -2.30. The number of morpholine rings is 1. The minimum absolute atomic E-state index is 0.0802. The van der Waals surface area contributed by atoms with Gasteiger partial charge in [0, 0.05) is 19.1 Å². The molecule has 0 saturated carbocycles. The van der Waals surface area contributed by atoms with Crippen molar-refractivity contribution in [3.05, 3.63) is 35.4 Å². The van der Waals surface area contributed by atoms with Gasteiger partial charge in [-0.2, -0.15) is 13.2 Å². The van der Waals surface area contributed by atoms with E-state index < -0.39 is 11.7 Å². The van der Waals surface area contributed by atoms with Gasteiger partial charge in [-0.1, -0.05) is 18.2 Å². The fourth-order valence-electron chi connectivity index (χ4n) is 2.28. The third-order valence-corrected chi connectivity index (χ3v) is 3.21. The van der Waals surface area contributed by atoms with Gasteiger partial charge < -0.3 is 4.74 Å². The SMILES string of the molecule is C[C@@H](Cc1cccc(C(F)(F)F)c1)NN1CCOCC1. The van der Waals surface area contributed by atoms with Crippen LogP contribution in [0.25, 0.3) is 0 Å². The van der Waals surface area contributed by atoms with Crippen LogP contribution in [0.1, 0.15) is 18.1 Å². The Morgan fingerprint density at radius 3 is 2.65 bits per heavy atom. The summed E-state index contributed by atoms with van der Waals surface area (Å²) < 4.78 is 43.2. The third kappa shape index (κ3) is 4.47. The molecule has 1 aromatic rings. The summed E-state index contributed by atoms with van der Waals surface area (Å²) in [7, 11) is 0. The smallest absolute Gasteiger partial charge is 0.379 e. The van der Waals surface area contributed by atoms with Gasteiger partial charge in [0.05, 0.1) is 18.8 Å². The second-order valence-corrected chi connectivity index (χ2v) is 5.03. The normalized spacial score (nSPS) is 19.0. The Bertz CT molecular complexity index is 431. The fourth-order valence-corrected chi connectivity index (χ4v) is 2.28. The Balaban J connectivity index is 1.92. The number of alkyl halides is 3. The average molecular weight is 288 g/mol. The molecular formula is C14H19F3N2O. The second kappa shape index (κ2) is 6.56. The lowest BCUT2D eigenvalue weighted by atomic mass is 10.0. The lowest BCUT2D eigenvalue weighted by Crippen LogP contribution is -2.49. The fraction of sp³-hybridized carbons (Fsp3) is 0.571. The van der Waals surface area contributed by atoms with E-state index in [1.807, 2.05) is 6.92 Å². The molecule has 1 fully saturated rings. The molecule has 0 bridgehead atoms. The van der Waals surface area contributed by atoms with Gasteiger partial charge in [-0.25, -0.2) is 5.01 Å². The van der Waals surface area contributed by atoms with E-state index in [4.69, 9.17) is 4.74 Å². The maximum Gasteiger partial charge on any atom is 0.416 e. The third-order valence-electron chi connectivity index (χ3n) is 3.21. The summed E-state index contributed by atoms with van der Waals surface area (Å²) in [6, 6.07) is 5.59. The maximum absolute atomic E-state index is 12.6. The zero-order valence-electron chi connectivity index (χ0n) is 11.4. The molecule has 1 N–H and O–H groups in total. The predicted molar refractivity (Wildman–Crippen MR) is 70.1 cm³/mol. The molecule has 2 rings (SSSR count). The largest absolute Gasteiger partial charge is 0.416 e. The number of halogens is 3. The van der Waals surface area contributed by atoms with E-state index in [0.29, 0.717) is 25.2 Å². The molecule has 1 heterocycles. The number of hydrazine groups is 1. The van der Waals surface area contributed by atoms with E-state index in [2.05, 4.69) is 10.4 Å². The first-order valence-electron chi connectivity index (χ1n) is 6.70. The van der Waals surface area contributed by atoms with Crippen LogP contribution in [-0.4, -0.2) is 37.4 Å². The summed E-state index contributed by atoms with van der Waals surface area (Å²) in [4.78, 5) is 0. The molecule has 1 aromatic carbocycles. The first-order chi connectivity index (χ1) is 9.45. The average Bonchev–Trinajstić information content (AvgIpc) is 2.39. The van der Waals surface area contributed by atoms with Crippen molar-refractivity contribution in [3.8, 4) is 0 Å². The summed E-state index contributed by atoms with van der Waals surface area (Å²) in [6.07, 6.45) is -3.72. The quantitative estimate of drug-likeness (QED) is 0.921. The van der Waals surface area contributed by atoms with Gasteiger partial charge in [-0.05, 0) is 25.0 Å². The Morgan fingerprint density at radius 1 is 1.30 bits per heavy atom. The van der Waals surface area contributed by atoms with Crippen molar-refractivity contribution in [2.24, 2.45) is 0 Å². The van der Waals surface area contributed by atoms with Gasteiger partial charge in [0.25, 0.3) is 0 Å². The van der Waals surface area contributed by atoms with Crippen molar-refractivity contribution in [2.45, 2.75) is 25.6 Å². The molecule has 0 unspecified atom stereocenters. The van der Waals surface area contributed by atoms with Crippen molar-refractivity contribution in [1.82, 2.24) is 10.4 Å². The summed E-state index contributed by atoms with van der Waals surface area (Å²) in [5, 5.41) is 2.06. The lowest BCUT2D eigenvalue weighted by molar-refractivity contribution is -0.137. The minimum Gasteiger partial charge on any atom is -0.379 e. The van der Waals surface area contributed by atoms with Crippen molar-refractivity contribution < 1.29 is 17.9 Å². The van der Waals surface area contributed by atoms with Crippen molar-refractivity contribution >= 4 is 0 Å². The van der Waals surface area contributed by atoms with Crippen molar-refractivity contribution in [1.29, 1.82) is 0 Å². The van der Waals surface area contributed by atoms with E-state index >= 15 is 0 Å². The van der Waals surface area contributed by atoms with E-state index in [0.717, 1.165) is 19.2 Å². The standard InChI is InChI=1S/C14H19F3N2O/c1-11(18-19-5-7-20-8-6-19)9-12-3-2-4-13(10-12)14(15,16)17/h2-4,10-11,18H,5-9H2,1H3/t11-/m0/s1. The van der Waals surface area contributed by atoms with E-state index in [1.165, 1.54) is 12.1 Å². The molecule has 0 amide bonds. The second-order valence-electron chi connectivity index (χ2n) is 5.03. The highest BCUT2D eigenvalue weighted by Crippen LogP contribution is 2.29. The van der Waals surface area contributed by atoms with E-state index in [1.54, 1.807) is 6.07 Å². The van der Waals surface area contributed by atoms with Gasteiger partial charge in [-0.3, -0.25) is 5.43 Å². The van der Waals surface area contributed by atoms with E-state index in [-0.39, 0.29) is 6.04 Å². The number of benzene rings is 1. The zero-order chi connectivity index (χ0) is 14.6. The van der Waals surface area contributed by atoms with Gasteiger partial charge in [-0.15, -0.1) is 0 Å². The molecule has 0 aliphatic carbocycles. The van der Waals surface area contributed by atoms with Crippen LogP contribution in [0.3, 0.4) is 0 Å². The number of ether oxygens (including phenoxy) is 1. The number of nitrogens with one attached hydrogen (secondary N) is 1. The molecule has 112 valence electrons. The number of hydrogen-bond donors (Lipinski definition) is 1. The predicted octanol–water partition coefficient (Wildman–Crippen LogP) is 2.47. The Kier molecular flexibility index (Phi) is 5.01. The summed E-state index contributed by atoms with van der Waals surface area (Å²) in [5.74, 6) is 0. The molecule has 20 heavy (non-hydrogen) atoms. The molecule has 6 heteroatoms. The molecule has 0 radical (unpaired) electrons.